The zero-order valence-electron chi connectivity index (χ0n) is 9.25. The van der Waals surface area contributed by atoms with Gasteiger partial charge in [-0.25, -0.2) is 0 Å². The average Bonchev–Trinajstić information content (AvgIpc) is 2.16. The van der Waals surface area contributed by atoms with Crippen LogP contribution in [0.3, 0.4) is 0 Å². The highest BCUT2D eigenvalue weighted by atomic mass is 14.5. The first-order chi connectivity index (χ1) is 6.65. The van der Waals surface area contributed by atoms with Crippen LogP contribution < -0.4 is 5.73 Å². The molecule has 76 valence electrons. The van der Waals surface area contributed by atoms with Crippen LogP contribution in [-0.4, -0.2) is 6.54 Å². The van der Waals surface area contributed by atoms with E-state index in [1.54, 1.807) is 0 Å². The Morgan fingerprint density at radius 3 is 2.64 bits per heavy atom. The zero-order chi connectivity index (χ0) is 10.6. The second kappa shape index (κ2) is 4.97. The molecule has 2 N–H and O–H groups in total. The van der Waals surface area contributed by atoms with E-state index in [4.69, 9.17) is 5.73 Å². The first-order valence-corrected chi connectivity index (χ1v) is 5.12. The van der Waals surface area contributed by atoms with Crippen LogP contribution in [0.2, 0.25) is 0 Å². The Bertz CT molecular complexity index is 324. The van der Waals surface area contributed by atoms with Gasteiger partial charge in [0.1, 0.15) is 0 Å². The molecular weight excluding hydrogens is 170 g/mol. The Morgan fingerprint density at radius 2 is 2.07 bits per heavy atom. The highest BCUT2D eigenvalue weighted by Crippen LogP contribution is 2.19. The van der Waals surface area contributed by atoms with Gasteiger partial charge < -0.3 is 5.73 Å². The smallest absolute Gasteiger partial charge is 0.0110 e. The molecule has 0 fully saturated rings. The van der Waals surface area contributed by atoms with E-state index >= 15 is 0 Å². The molecule has 0 unspecified atom stereocenters. The SMILES string of the molecule is Cc1ccc(C(C)C)cc1/C=C/CN. The molecule has 1 rings (SSSR count). The first kappa shape index (κ1) is 11.0. The van der Waals surface area contributed by atoms with E-state index in [-0.39, 0.29) is 0 Å². The van der Waals surface area contributed by atoms with Crippen molar-refractivity contribution in [2.75, 3.05) is 6.54 Å². The van der Waals surface area contributed by atoms with Crippen LogP contribution in [0.1, 0.15) is 36.5 Å². The zero-order valence-corrected chi connectivity index (χ0v) is 9.25. The second-order valence-corrected chi connectivity index (χ2v) is 3.91. The van der Waals surface area contributed by atoms with Gasteiger partial charge in [0.05, 0.1) is 0 Å². The minimum absolute atomic E-state index is 0.584. The van der Waals surface area contributed by atoms with E-state index in [0.29, 0.717) is 12.5 Å². The molecule has 1 heteroatoms. The van der Waals surface area contributed by atoms with E-state index in [0.717, 1.165) is 0 Å². The molecule has 1 aromatic carbocycles. The summed E-state index contributed by atoms with van der Waals surface area (Å²) in [7, 11) is 0. The molecule has 0 amide bonds. The Morgan fingerprint density at radius 1 is 1.36 bits per heavy atom. The maximum Gasteiger partial charge on any atom is 0.0110 e. The Labute approximate surface area is 86.6 Å². The molecule has 0 saturated carbocycles. The normalized spacial score (nSPS) is 11.5. The quantitative estimate of drug-likeness (QED) is 0.777. The molecule has 0 aliphatic carbocycles. The second-order valence-electron chi connectivity index (χ2n) is 3.91. The van der Waals surface area contributed by atoms with Gasteiger partial charge in [-0.3, -0.25) is 0 Å². The van der Waals surface area contributed by atoms with E-state index in [1.807, 2.05) is 6.08 Å². The summed E-state index contributed by atoms with van der Waals surface area (Å²) in [6, 6.07) is 6.61. The summed E-state index contributed by atoms with van der Waals surface area (Å²) < 4.78 is 0. The van der Waals surface area contributed by atoms with Crippen LogP contribution in [0.25, 0.3) is 6.08 Å². The molecule has 0 saturated heterocycles. The molecule has 0 heterocycles. The number of aryl methyl sites for hydroxylation is 1. The summed E-state index contributed by atoms with van der Waals surface area (Å²) in [6.07, 6.45) is 4.09. The van der Waals surface area contributed by atoms with Crippen molar-refractivity contribution in [1.29, 1.82) is 0 Å². The van der Waals surface area contributed by atoms with Gasteiger partial charge in [-0.1, -0.05) is 44.2 Å². The van der Waals surface area contributed by atoms with Gasteiger partial charge in [0.25, 0.3) is 0 Å². The van der Waals surface area contributed by atoms with Gasteiger partial charge in [0.2, 0.25) is 0 Å². The summed E-state index contributed by atoms with van der Waals surface area (Å²) in [5.41, 5.74) is 9.40. The van der Waals surface area contributed by atoms with Gasteiger partial charge in [-0.2, -0.15) is 0 Å². The summed E-state index contributed by atoms with van der Waals surface area (Å²) >= 11 is 0. The minimum Gasteiger partial charge on any atom is -0.327 e. The van der Waals surface area contributed by atoms with E-state index < -0.39 is 0 Å². The highest BCUT2D eigenvalue weighted by Gasteiger charge is 2.00. The standard InChI is InChI=1S/C13H19N/c1-10(2)12-7-6-11(3)13(9-12)5-4-8-14/h4-7,9-10H,8,14H2,1-3H3/b5-4+. The molecule has 0 bridgehead atoms. The van der Waals surface area contributed by atoms with Crippen molar-refractivity contribution < 1.29 is 0 Å². The fourth-order valence-electron chi connectivity index (χ4n) is 1.39. The third-order valence-corrected chi connectivity index (χ3v) is 2.40. The van der Waals surface area contributed by atoms with Crippen LogP contribution >= 0.6 is 0 Å². The average molecular weight is 189 g/mol. The molecule has 0 spiro atoms. The fraction of sp³-hybridized carbons (Fsp3) is 0.385. The van der Waals surface area contributed by atoms with Crippen molar-refractivity contribution in [2.24, 2.45) is 5.73 Å². The van der Waals surface area contributed by atoms with E-state index in [9.17, 15) is 0 Å². The highest BCUT2D eigenvalue weighted by molar-refractivity contribution is 5.55. The molecule has 0 aliphatic heterocycles. The van der Waals surface area contributed by atoms with Crippen molar-refractivity contribution >= 4 is 6.08 Å². The Hall–Kier alpha value is -1.08. The lowest BCUT2D eigenvalue weighted by Gasteiger charge is -2.08. The number of nitrogens with two attached hydrogens (primary N) is 1. The lowest BCUT2D eigenvalue weighted by Crippen LogP contribution is -1.93. The topological polar surface area (TPSA) is 26.0 Å². The maximum absolute atomic E-state index is 5.44. The minimum atomic E-state index is 0.584. The predicted octanol–water partition coefficient (Wildman–Crippen LogP) is 3.09. The van der Waals surface area contributed by atoms with Gasteiger partial charge in [0.15, 0.2) is 0 Å². The number of hydrogen-bond acceptors (Lipinski definition) is 1. The van der Waals surface area contributed by atoms with Crippen LogP contribution in [-0.2, 0) is 0 Å². The van der Waals surface area contributed by atoms with Crippen LogP contribution in [0.5, 0.6) is 0 Å². The number of rotatable bonds is 3. The molecule has 0 aliphatic rings. The molecule has 14 heavy (non-hydrogen) atoms. The maximum atomic E-state index is 5.44. The van der Waals surface area contributed by atoms with Gasteiger partial charge in [-0.05, 0) is 29.5 Å². The van der Waals surface area contributed by atoms with Gasteiger partial charge in [0, 0.05) is 6.54 Å². The number of hydrogen-bond donors (Lipinski definition) is 1. The molecular formula is C13H19N. The third kappa shape index (κ3) is 2.71. The summed E-state index contributed by atoms with van der Waals surface area (Å²) in [4.78, 5) is 0. The Balaban J connectivity index is 3.02. The summed E-state index contributed by atoms with van der Waals surface area (Å²) in [5.74, 6) is 0.584. The Kier molecular flexibility index (Phi) is 3.90. The van der Waals surface area contributed by atoms with Gasteiger partial charge >= 0.3 is 0 Å². The molecule has 1 aromatic rings. The monoisotopic (exact) mass is 189 g/mol. The lowest BCUT2D eigenvalue weighted by molar-refractivity contribution is 0.865. The van der Waals surface area contributed by atoms with Crippen molar-refractivity contribution in [3.8, 4) is 0 Å². The summed E-state index contributed by atoms with van der Waals surface area (Å²) in [6.45, 7) is 7.15. The molecule has 0 atom stereocenters. The number of benzene rings is 1. The van der Waals surface area contributed by atoms with Crippen LogP contribution in [0.15, 0.2) is 24.3 Å². The first-order valence-electron chi connectivity index (χ1n) is 5.12. The third-order valence-electron chi connectivity index (χ3n) is 2.40. The van der Waals surface area contributed by atoms with Crippen LogP contribution in [0, 0.1) is 6.92 Å². The van der Waals surface area contributed by atoms with Crippen molar-refractivity contribution in [3.05, 3.63) is 41.0 Å². The largest absolute Gasteiger partial charge is 0.327 e. The molecule has 1 nitrogen and oxygen atoms in total. The van der Waals surface area contributed by atoms with Crippen molar-refractivity contribution in [2.45, 2.75) is 26.7 Å². The lowest BCUT2D eigenvalue weighted by atomic mass is 9.98. The van der Waals surface area contributed by atoms with E-state index in [2.05, 4.69) is 45.0 Å². The summed E-state index contributed by atoms with van der Waals surface area (Å²) in [5, 5.41) is 0. The molecule has 0 aromatic heterocycles. The van der Waals surface area contributed by atoms with Crippen LogP contribution in [0.4, 0.5) is 0 Å². The predicted molar refractivity (Wildman–Crippen MR) is 63.4 cm³/mol. The van der Waals surface area contributed by atoms with Gasteiger partial charge in [-0.15, -0.1) is 0 Å². The molecule has 0 radical (unpaired) electrons. The fourth-order valence-corrected chi connectivity index (χ4v) is 1.39. The van der Waals surface area contributed by atoms with Crippen molar-refractivity contribution in [1.82, 2.24) is 0 Å². The van der Waals surface area contributed by atoms with Crippen molar-refractivity contribution in [3.63, 3.8) is 0 Å². The van der Waals surface area contributed by atoms with E-state index in [1.165, 1.54) is 16.7 Å².